The van der Waals surface area contributed by atoms with Gasteiger partial charge in [0.2, 0.25) is 0 Å². The van der Waals surface area contributed by atoms with Gasteiger partial charge in [0.05, 0.1) is 24.6 Å². The average molecular weight is 401 g/mol. The van der Waals surface area contributed by atoms with Crippen molar-refractivity contribution >= 4 is 0 Å². The highest BCUT2D eigenvalue weighted by atomic mass is 16.5. The van der Waals surface area contributed by atoms with Crippen LogP contribution in [0.1, 0.15) is 48.9 Å². The van der Waals surface area contributed by atoms with Crippen LogP contribution in [0.15, 0.2) is 41.1 Å². The Hall–Kier alpha value is -3.29. The second-order valence-electron chi connectivity index (χ2n) is 8.75. The molecule has 0 unspecified atom stereocenters. The quantitative estimate of drug-likeness (QED) is 0.512. The molecule has 2 aliphatic rings. The summed E-state index contributed by atoms with van der Waals surface area (Å²) in [6, 6.07) is 10.3. The lowest BCUT2D eigenvalue weighted by atomic mass is 9.57. The highest BCUT2D eigenvalue weighted by molar-refractivity contribution is 5.60. The maximum absolute atomic E-state index is 5.61. The van der Waals surface area contributed by atoms with E-state index in [4.69, 9.17) is 9.51 Å². The lowest BCUT2D eigenvalue weighted by Crippen LogP contribution is -2.44. The van der Waals surface area contributed by atoms with Crippen LogP contribution in [0.25, 0.3) is 17.3 Å². The average Bonchev–Trinajstić information content (AvgIpc) is 3.46. The van der Waals surface area contributed by atoms with Crippen LogP contribution in [-0.2, 0) is 25.3 Å². The van der Waals surface area contributed by atoms with Crippen molar-refractivity contribution < 1.29 is 4.52 Å². The predicted molar refractivity (Wildman–Crippen MR) is 109 cm³/mol. The minimum Gasteiger partial charge on any atom is -0.361 e. The molecule has 0 N–H and O–H groups in total. The van der Waals surface area contributed by atoms with Crippen molar-refractivity contribution in [1.82, 2.24) is 34.9 Å². The van der Waals surface area contributed by atoms with Crippen LogP contribution in [0.4, 0.5) is 0 Å². The van der Waals surface area contributed by atoms with Crippen molar-refractivity contribution in [2.75, 3.05) is 0 Å². The Morgan fingerprint density at radius 3 is 2.80 bits per heavy atom. The van der Waals surface area contributed by atoms with Crippen molar-refractivity contribution in [3.8, 4) is 17.3 Å². The number of hydrogen-bond acceptors (Lipinski definition) is 6. The van der Waals surface area contributed by atoms with E-state index in [0.717, 1.165) is 42.1 Å². The van der Waals surface area contributed by atoms with E-state index >= 15 is 0 Å². The normalized spacial score (nSPS) is 24.9. The van der Waals surface area contributed by atoms with Crippen molar-refractivity contribution in [3.05, 3.63) is 59.2 Å². The number of rotatable bonds is 2. The molecular weight excluding hydrogens is 378 g/mol. The summed E-state index contributed by atoms with van der Waals surface area (Å²) in [4.78, 5) is 6.75. The maximum Gasteiger partial charge on any atom is 0.276 e. The molecule has 8 nitrogen and oxygen atoms in total. The summed E-state index contributed by atoms with van der Waals surface area (Å²) in [6.45, 7) is 4.61. The molecule has 30 heavy (non-hydrogen) atoms. The highest BCUT2D eigenvalue weighted by Crippen LogP contribution is 2.54. The molecule has 0 saturated heterocycles. The molecular formula is C22H23N7O. The first-order valence-electron chi connectivity index (χ1n) is 10.4. The van der Waals surface area contributed by atoms with Gasteiger partial charge in [0, 0.05) is 22.5 Å². The van der Waals surface area contributed by atoms with Gasteiger partial charge in [0.25, 0.3) is 5.95 Å². The zero-order chi connectivity index (χ0) is 20.5. The number of fused-ring (bicyclic) bond motifs is 4. The summed E-state index contributed by atoms with van der Waals surface area (Å²) in [5.41, 5.74) is 4.48. The van der Waals surface area contributed by atoms with Gasteiger partial charge in [-0.1, -0.05) is 54.4 Å². The molecule has 0 bridgehead atoms. The standard InChI is InChI=1S/C22H23N7O/c1-13-16-9-10-17-19(22(16,2)11-15-12-23-30-18(13)15)24-20(14-7-5-4-6-8-14)29(17)21-25-27-28(3)26-21/h4-8,12-13,16H,9-11H2,1-3H3/t13-,16-,22-/m0/s1. The zero-order valence-corrected chi connectivity index (χ0v) is 17.3. The fraction of sp³-hybridized carbons (Fsp3) is 0.409. The fourth-order valence-corrected chi connectivity index (χ4v) is 5.66. The molecule has 6 rings (SSSR count). The third-order valence-electron chi connectivity index (χ3n) is 7.00. The van der Waals surface area contributed by atoms with Crippen LogP contribution < -0.4 is 0 Å². The van der Waals surface area contributed by atoms with Crippen LogP contribution in [-0.4, -0.2) is 34.9 Å². The van der Waals surface area contributed by atoms with E-state index in [0.29, 0.717) is 17.8 Å². The number of tetrazole rings is 1. The Balaban J connectivity index is 1.60. The van der Waals surface area contributed by atoms with Crippen LogP contribution >= 0.6 is 0 Å². The zero-order valence-electron chi connectivity index (χ0n) is 17.3. The highest BCUT2D eigenvalue weighted by Gasteiger charge is 2.51. The number of hydrogen-bond donors (Lipinski definition) is 0. The van der Waals surface area contributed by atoms with Gasteiger partial charge in [-0.15, -0.1) is 5.10 Å². The summed E-state index contributed by atoms with van der Waals surface area (Å²) in [5, 5.41) is 17.0. The Labute approximate surface area is 173 Å². The van der Waals surface area contributed by atoms with E-state index in [1.54, 1.807) is 7.05 Å². The Bertz CT molecular complexity index is 1240. The number of aromatic nitrogens is 7. The molecule has 0 aliphatic heterocycles. The second kappa shape index (κ2) is 6.10. The van der Waals surface area contributed by atoms with Crippen LogP contribution in [0.3, 0.4) is 0 Å². The number of benzene rings is 1. The SMILES string of the molecule is C[C@@H]1c2oncc2C[C@]2(C)c3nc(-c4ccccc4)n(-c4nnn(C)n4)c3CC[C@@H]12. The second-order valence-corrected chi connectivity index (χ2v) is 8.75. The third-order valence-corrected chi connectivity index (χ3v) is 7.00. The molecule has 0 fully saturated rings. The van der Waals surface area contributed by atoms with Gasteiger partial charge in [-0.2, -0.15) is 4.80 Å². The van der Waals surface area contributed by atoms with E-state index in [9.17, 15) is 0 Å². The molecule has 3 aromatic heterocycles. The van der Waals surface area contributed by atoms with E-state index in [1.165, 1.54) is 16.1 Å². The molecule has 2 aliphatic carbocycles. The van der Waals surface area contributed by atoms with Gasteiger partial charge in [0.15, 0.2) is 0 Å². The van der Waals surface area contributed by atoms with Crippen molar-refractivity contribution in [3.63, 3.8) is 0 Å². The van der Waals surface area contributed by atoms with Crippen LogP contribution in [0.5, 0.6) is 0 Å². The molecule has 152 valence electrons. The largest absolute Gasteiger partial charge is 0.361 e. The van der Waals surface area contributed by atoms with Crippen LogP contribution in [0, 0.1) is 5.92 Å². The molecule has 0 spiro atoms. The number of aryl methyl sites for hydroxylation is 1. The van der Waals surface area contributed by atoms with Gasteiger partial charge in [-0.05, 0) is 30.4 Å². The molecule has 3 heterocycles. The maximum atomic E-state index is 5.61. The summed E-state index contributed by atoms with van der Waals surface area (Å²) >= 11 is 0. The molecule has 1 aromatic carbocycles. The van der Waals surface area contributed by atoms with E-state index in [1.807, 2.05) is 24.4 Å². The van der Waals surface area contributed by atoms with Gasteiger partial charge >= 0.3 is 0 Å². The lowest BCUT2D eigenvalue weighted by molar-refractivity contribution is 0.171. The fourth-order valence-electron chi connectivity index (χ4n) is 5.66. The Morgan fingerprint density at radius 2 is 2.03 bits per heavy atom. The van der Waals surface area contributed by atoms with E-state index in [2.05, 4.69) is 51.1 Å². The van der Waals surface area contributed by atoms with E-state index < -0.39 is 0 Å². The molecule has 8 heteroatoms. The third kappa shape index (κ3) is 2.30. The number of imidazole rings is 1. The molecule has 0 saturated carbocycles. The topological polar surface area (TPSA) is 87.5 Å². The van der Waals surface area contributed by atoms with Gasteiger partial charge < -0.3 is 4.52 Å². The molecule has 0 amide bonds. The molecule has 4 aromatic rings. The van der Waals surface area contributed by atoms with Gasteiger partial charge in [-0.3, -0.25) is 4.57 Å². The van der Waals surface area contributed by atoms with E-state index in [-0.39, 0.29) is 5.41 Å². The summed E-state index contributed by atoms with van der Waals surface area (Å²) in [7, 11) is 1.79. The first-order valence-corrected chi connectivity index (χ1v) is 10.4. The first kappa shape index (κ1) is 17.6. The van der Waals surface area contributed by atoms with Gasteiger partial charge in [0.1, 0.15) is 11.6 Å². The summed E-state index contributed by atoms with van der Waals surface area (Å²) in [5.74, 6) is 3.25. The smallest absolute Gasteiger partial charge is 0.276 e. The summed E-state index contributed by atoms with van der Waals surface area (Å²) in [6.07, 6.45) is 4.74. The molecule has 0 radical (unpaired) electrons. The van der Waals surface area contributed by atoms with Crippen molar-refractivity contribution in [2.24, 2.45) is 13.0 Å². The lowest BCUT2D eigenvalue weighted by Gasteiger charge is -2.46. The Kier molecular flexibility index (Phi) is 3.57. The van der Waals surface area contributed by atoms with Gasteiger partial charge in [-0.25, -0.2) is 4.98 Å². The first-order chi connectivity index (χ1) is 14.6. The number of nitrogens with zero attached hydrogens (tertiary/aromatic N) is 7. The summed E-state index contributed by atoms with van der Waals surface area (Å²) < 4.78 is 7.72. The minimum absolute atomic E-state index is 0.0947. The monoisotopic (exact) mass is 401 g/mol. The van der Waals surface area contributed by atoms with Crippen LogP contribution in [0.2, 0.25) is 0 Å². The van der Waals surface area contributed by atoms with Crippen molar-refractivity contribution in [2.45, 2.75) is 44.4 Å². The predicted octanol–water partition coefficient (Wildman–Crippen LogP) is 3.23. The Morgan fingerprint density at radius 1 is 1.20 bits per heavy atom. The van der Waals surface area contributed by atoms with Crippen molar-refractivity contribution in [1.29, 1.82) is 0 Å². The minimum atomic E-state index is -0.0947. The molecule has 3 atom stereocenters.